The standard InChI is InChI=1S/C21H21IN4O4/c1-21(2,3)30-20(29)24-14-6-4-5-12(9-14)11-23-17-15-10-13(22)7-8-16(15)25-18(26-17)19(27)28/h4-10H,11H2,1-3H3,(H,24,29)(H,27,28)(H,23,25,26). The van der Waals surface area contributed by atoms with Crippen molar-refractivity contribution in [1.82, 2.24) is 9.97 Å². The van der Waals surface area contributed by atoms with Crippen LogP contribution in [0.4, 0.5) is 16.3 Å². The largest absolute Gasteiger partial charge is 0.475 e. The molecule has 1 heterocycles. The van der Waals surface area contributed by atoms with Crippen molar-refractivity contribution in [2.75, 3.05) is 10.6 Å². The summed E-state index contributed by atoms with van der Waals surface area (Å²) in [6.45, 7) is 5.77. The van der Waals surface area contributed by atoms with Gasteiger partial charge in [0.2, 0.25) is 5.82 Å². The maximum atomic E-state index is 12.0. The second kappa shape index (κ2) is 8.82. The third-order valence-electron chi connectivity index (χ3n) is 3.88. The maximum absolute atomic E-state index is 12.0. The lowest BCUT2D eigenvalue weighted by Gasteiger charge is -2.19. The molecule has 0 fully saturated rings. The van der Waals surface area contributed by atoms with Crippen LogP contribution in [0.1, 0.15) is 37.0 Å². The Morgan fingerprint density at radius 2 is 1.90 bits per heavy atom. The first-order valence-electron chi connectivity index (χ1n) is 9.14. The summed E-state index contributed by atoms with van der Waals surface area (Å²) in [5.41, 5.74) is 1.43. The van der Waals surface area contributed by atoms with Crippen molar-refractivity contribution in [3.8, 4) is 0 Å². The Balaban J connectivity index is 1.80. The van der Waals surface area contributed by atoms with E-state index in [1.807, 2.05) is 30.3 Å². The van der Waals surface area contributed by atoms with Crippen LogP contribution in [-0.4, -0.2) is 32.7 Å². The maximum Gasteiger partial charge on any atom is 0.412 e. The molecule has 3 aromatic rings. The quantitative estimate of drug-likeness (QED) is 0.411. The molecular formula is C21H21IN4O4. The molecular weight excluding hydrogens is 499 g/mol. The van der Waals surface area contributed by atoms with Gasteiger partial charge in [-0.2, -0.15) is 0 Å². The van der Waals surface area contributed by atoms with Gasteiger partial charge in [0, 0.05) is 21.2 Å². The molecule has 9 heteroatoms. The molecule has 3 N–H and O–H groups in total. The van der Waals surface area contributed by atoms with E-state index in [1.165, 1.54) is 0 Å². The van der Waals surface area contributed by atoms with Crippen LogP contribution in [0.15, 0.2) is 42.5 Å². The highest BCUT2D eigenvalue weighted by Crippen LogP contribution is 2.24. The molecule has 0 aliphatic heterocycles. The SMILES string of the molecule is CC(C)(C)OC(=O)Nc1cccc(CNc2nc(C(=O)O)nc3ccc(I)cc23)c1. The van der Waals surface area contributed by atoms with Gasteiger partial charge in [0.05, 0.1) is 5.52 Å². The van der Waals surface area contributed by atoms with E-state index in [1.54, 1.807) is 32.9 Å². The molecule has 0 aliphatic carbocycles. The molecule has 0 saturated carbocycles. The molecule has 8 nitrogen and oxygen atoms in total. The van der Waals surface area contributed by atoms with Gasteiger partial charge in [0.15, 0.2) is 0 Å². The third kappa shape index (κ3) is 5.78. The number of hydrogen-bond donors (Lipinski definition) is 3. The minimum atomic E-state index is -1.19. The molecule has 2 aromatic carbocycles. The topological polar surface area (TPSA) is 113 Å². The van der Waals surface area contributed by atoms with Crippen molar-refractivity contribution in [3.63, 3.8) is 0 Å². The number of aromatic carboxylic acids is 1. The summed E-state index contributed by atoms with van der Waals surface area (Å²) < 4.78 is 6.25. The number of rotatable bonds is 5. The summed E-state index contributed by atoms with van der Waals surface area (Å²) in [6, 6.07) is 12.8. The highest BCUT2D eigenvalue weighted by molar-refractivity contribution is 14.1. The monoisotopic (exact) mass is 520 g/mol. The first-order chi connectivity index (χ1) is 14.1. The Kier molecular flexibility index (Phi) is 6.40. The van der Waals surface area contributed by atoms with E-state index < -0.39 is 17.7 Å². The normalized spacial score (nSPS) is 11.2. The number of benzene rings is 2. The second-order valence-electron chi connectivity index (χ2n) is 7.54. The molecule has 3 rings (SSSR count). The number of aromatic nitrogens is 2. The summed E-state index contributed by atoms with van der Waals surface area (Å²) >= 11 is 2.18. The van der Waals surface area contributed by atoms with E-state index in [-0.39, 0.29) is 5.82 Å². The number of nitrogens with one attached hydrogen (secondary N) is 2. The van der Waals surface area contributed by atoms with Gasteiger partial charge in [-0.05, 0) is 79.3 Å². The number of fused-ring (bicyclic) bond motifs is 1. The van der Waals surface area contributed by atoms with Gasteiger partial charge in [-0.15, -0.1) is 0 Å². The van der Waals surface area contributed by atoms with Crippen LogP contribution in [-0.2, 0) is 11.3 Å². The lowest BCUT2D eigenvalue weighted by Crippen LogP contribution is -2.27. The Hall–Kier alpha value is -2.95. The van der Waals surface area contributed by atoms with Gasteiger partial charge in [-0.3, -0.25) is 5.32 Å². The molecule has 0 saturated heterocycles. The Morgan fingerprint density at radius 1 is 1.13 bits per heavy atom. The molecule has 156 valence electrons. The van der Waals surface area contributed by atoms with Crippen molar-refractivity contribution in [2.45, 2.75) is 32.9 Å². The number of anilines is 2. The molecule has 0 aliphatic rings. The lowest BCUT2D eigenvalue weighted by molar-refractivity contribution is 0.0633. The Bertz CT molecular complexity index is 1110. The average molecular weight is 520 g/mol. The van der Waals surface area contributed by atoms with Crippen LogP contribution in [0, 0.1) is 3.57 Å². The van der Waals surface area contributed by atoms with E-state index in [0.717, 1.165) is 14.5 Å². The Morgan fingerprint density at radius 3 is 2.60 bits per heavy atom. The number of carboxylic acids is 1. The molecule has 30 heavy (non-hydrogen) atoms. The van der Waals surface area contributed by atoms with Crippen LogP contribution < -0.4 is 10.6 Å². The molecule has 0 radical (unpaired) electrons. The molecule has 0 unspecified atom stereocenters. The number of hydrogen-bond acceptors (Lipinski definition) is 6. The number of halogens is 1. The highest BCUT2D eigenvalue weighted by atomic mass is 127. The fraction of sp³-hybridized carbons (Fsp3) is 0.238. The number of carbonyl (C=O) groups excluding carboxylic acids is 1. The average Bonchev–Trinajstić information content (AvgIpc) is 2.64. The molecule has 0 spiro atoms. The summed E-state index contributed by atoms with van der Waals surface area (Å²) in [5, 5.41) is 15.9. The lowest BCUT2D eigenvalue weighted by atomic mass is 10.2. The number of ether oxygens (including phenoxy) is 1. The number of amides is 1. The predicted molar refractivity (Wildman–Crippen MR) is 123 cm³/mol. The van der Waals surface area contributed by atoms with Crippen molar-refractivity contribution in [2.24, 2.45) is 0 Å². The summed E-state index contributed by atoms with van der Waals surface area (Å²) in [5.74, 6) is -1.03. The fourth-order valence-electron chi connectivity index (χ4n) is 2.70. The zero-order valence-corrected chi connectivity index (χ0v) is 18.9. The molecule has 0 atom stereocenters. The van der Waals surface area contributed by atoms with Crippen molar-refractivity contribution < 1.29 is 19.4 Å². The highest BCUT2D eigenvalue weighted by Gasteiger charge is 2.16. The van der Waals surface area contributed by atoms with Gasteiger partial charge in [0.25, 0.3) is 0 Å². The van der Waals surface area contributed by atoms with E-state index >= 15 is 0 Å². The van der Waals surface area contributed by atoms with E-state index in [2.05, 4.69) is 43.2 Å². The van der Waals surface area contributed by atoms with E-state index in [9.17, 15) is 14.7 Å². The van der Waals surface area contributed by atoms with Crippen LogP contribution in [0.25, 0.3) is 10.9 Å². The van der Waals surface area contributed by atoms with Gasteiger partial charge < -0.3 is 15.2 Å². The van der Waals surface area contributed by atoms with Gasteiger partial charge in [-0.25, -0.2) is 19.6 Å². The first-order valence-corrected chi connectivity index (χ1v) is 10.2. The van der Waals surface area contributed by atoms with Crippen LogP contribution in [0.3, 0.4) is 0 Å². The van der Waals surface area contributed by atoms with Gasteiger partial charge in [0.1, 0.15) is 11.4 Å². The van der Waals surface area contributed by atoms with Crippen molar-refractivity contribution >= 4 is 57.1 Å². The Labute approximate surface area is 187 Å². The number of carboxylic acid groups (broad SMARTS) is 1. The van der Waals surface area contributed by atoms with Crippen molar-refractivity contribution in [3.05, 3.63) is 57.4 Å². The number of nitrogens with zero attached hydrogens (tertiary/aromatic N) is 2. The molecule has 1 amide bonds. The van der Waals surface area contributed by atoms with Crippen LogP contribution >= 0.6 is 22.6 Å². The first kappa shape index (κ1) is 21.8. The molecule has 1 aromatic heterocycles. The smallest absolute Gasteiger partial charge is 0.412 e. The minimum absolute atomic E-state index is 0.272. The van der Waals surface area contributed by atoms with E-state index in [0.29, 0.717) is 23.6 Å². The minimum Gasteiger partial charge on any atom is -0.475 e. The number of carbonyl (C=O) groups is 2. The second-order valence-corrected chi connectivity index (χ2v) is 8.79. The molecule has 0 bridgehead atoms. The fourth-order valence-corrected chi connectivity index (χ4v) is 3.19. The van der Waals surface area contributed by atoms with Crippen molar-refractivity contribution in [1.29, 1.82) is 0 Å². The summed E-state index contributed by atoms with van der Waals surface area (Å²) in [4.78, 5) is 31.6. The zero-order valence-electron chi connectivity index (χ0n) is 16.7. The van der Waals surface area contributed by atoms with E-state index in [4.69, 9.17) is 4.74 Å². The van der Waals surface area contributed by atoms with Crippen LogP contribution in [0.2, 0.25) is 0 Å². The van der Waals surface area contributed by atoms with Gasteiger partial charge >= 0.3 is 12.1 Å². The predicted octanol–water partition coefficient (Wildman–Crippen LogP) is 4.89. The zero-order chi connectivity index (χ0) is 21.9. The summed E-state index contributed by atoms with van der Waals surface area (Å²) in [6.07, 6.45) is -0.532. The van der Waals surface area contributed by atoms with Gasteiger partial charge in [-0.1, -0.05) is 12.1 Å². The summed E-state index contributed by atoms with van der Waals surface area (Å²) in [7, 11) is 0. The third-order valence-corrected chi connectivity index (χ3v) is 4.55. The van der Waals surface area contributed by atoms with Crippen LogP contribution in [0.5, 0.6) is 0 Å².